The van der Waals surface area contributed by atoms with Gasteiger partial charge < -0.3 is 14.7 Å². The topological polar surface area (TPSA) is 39.2 Å². The van der Waals surface area contributed by atoms with Crippen molar-refractivity contribution >= 4 is 0 Å². The molecule has 2 saturated heterocycles. The van der Waals surface area contributed by atoms with Crippen LogP contribution in [0.15, 0.2) is 0 Å². The van der Waals surface area contributed by atoms with Crippen molar-refractivity contribution in [2.75, 3.05) is 59.0 Å². The molecule has 2 rings (SSSR count). The van der Waals surface area contributed by atoms with Gasteiger partial charge in [0.15, 0.2) is 0 Å². The Morgan fingerprint density at radius 1 is 1.05 bits per heavy atom. The summed E-state index contributed by atoms with van der Waals surface area (Å²) in [5.74, 6) is 0. The summed E-state index contributed by atoms with van der Waals surface area (Å²) in [6, 6.07) is 1.07. The minimum Gasteiger partial charge on any atom is -0.393 e. The van der Waals surface area contributed by atoms with Crippen LogP contribution >= 0.6 is 0 Å². The van der Waals surface area contributed by atoms with Gasteiger partial charge in [-0.25, -0.2) is 0 Å². The zero-order valence-corrected chi connectivity index (χ0v) is 14.7. The van der Waals surface area contributed by atoms with E-state index in [0.717, 1.165) is 32.7 Å². The second-order valence-electron chi connectivity index (χ2n) is 7.17. The van der Waals surface area contributed by atoms with E-state index in [0.29, 0.717) is 12.1 Å². The molecule has 0 unspecified atom stereocenters. The second kappa shape index (κ2) is 9.18. The number of rotatable bonds is 7. The van der Waals surface area contributed by atoms with E-state index in [2.05, 4.69) is 28.5 Å². The SMILES string of the molecule is CC(C)N1CCN(CCCN2CCOC[C@@H]2C[C@H](C)O)CC1. The Morgan fingerprint density at radius 3 is 2.41 bits per heavy atom. The summed E-state index contributed by atoms with van der Waals surface area (Å²) in [5.41, 5.74) is 0. The maximum atomic E-state index is 9.63. The van der Waals surface area contributed by atoms with Crippen molar-refractivity contribution in [3.8, 4) is 0 Å². The van der Waals surface area contributed by atoms with Crippen molar-refractivity contribution < 1.29 is 9.84 Å². The van der Waals surface area contributed by atoms with Crippen LogP contribution in [0.25, 0.3) is 0 Å². The zero-order valence-electron chi connectivity index (χ0n) is 14.7. The highest BCUT2D eigenvalue weighted by Gasteiger charge is 2.24. The average Bonchev–Trinajstić information content (AvgIpc) is 2.49. The number of piperazine rings is 1. The molecule has 0 aromatic heterocycles. The van der Waals surface area contributed by atoms with Crippen LogP contribution in [-0.2, 0) is 4.74 Å². The fraction of sp³-hybridized carbons (Fsp3) is 1.00. The quantitative estimate of drug-likeness (QED) is 0.755. The third-order valence-electron chi connectivity index (χ3n) is 5.02. The van der Waals surface area contributed by atoms with Gasteiger partial charge in [-0.1, -0.05) is 0 Å². The molecule has 0 aromatic rings. The lowest BCUT2D eigenvalue weighted by Crippen LogP contribution is -2.50. The van der Waals surface area contributed by atoms with Gasteiger partial charge in [0, 0.05) is 44.8 Å². The summed E-state index contributed by atoms with van der Waals surface area (Å²) in [6.07, 6.45) is 1.81. The van der Waals surface area contributed by atoms with Crippen molar-refractivity contribution in [1.29, 1.82) is 0 Å². The van der Waals surface area contributed by atoms with Gasteiger partial charge in [0.25, 0.3) is 0 Å². The third-order valence-corrected chi connectivity index (χ3v) is 5.02. The molecule has 1 N–H and O–H groups in total. The first-order valence-corrected chi connectivity index (χ1v) is 9.02. The molecule has 130 valence electrons. The van der Waals surface area contributed by atoms with E-state index in [-0.39, 0.29) is 6.10 Å². The lowest BCUT2D eigenvalue weighted by atomic mass is 10.1. The van der Waals surface area contributed by atoms with E-state index in [1.807, 2.05) is 6.92 Å². The molecular weight excluding hydrogens is 278 g/mol. The molecule has 2 fully saturated rings. The van der Waals surface area contributed by atoms with Crippen molar-refractivity contribution in [3.63, 3.8) is 0 Å². The van der Waals surface area contributed by atoms with Gasteiger partial charge in [0.1, 0.15) is 0 Å². The maximum absolute atomic E-state index is 9.63. The van der Waals surface area contributed by atoms with E-state index >= 15 is 0 Å². The van der Waals surface area contributed by atoms with Crippen LogP contribution in [0.3, 0.4) is 0 Å². The minimum atomic E-state index is -0.238. The number of aliphatic hydroxyl groups excluding tert-OH is 1. The van der Waals surface area contributed by atoms with E-state index in [1.165, 1.54) is 39.1 Å². The van der Waals surface area contributed by atoms with E-state index < -0.39 is 0 Å². The third kappa shape index (κ3) is 5.78. The van der Waals surface area contributed by atoms with Crippen LogP contribution in [0, 0.1) is 0 Å². The van der Waals surface area contributed by atoms with Gasteiger partial charge in [0.05, 0.1) is 19.3 Å². The predicted molar refractivity (Wildman–Crippen MR) is 90.2 cm³/mol. The number of hydrogen-bond acceptors (Lipinski definition) is 5. The molecule has 0 radical (unpaired) electrons. The van der Waals surface area contributed by atoms with Gasteiger partial charge in [0.2, 0.25) is 0 Å². The lowest BCUT2D eigenvalue weighted by molar-refractivity contribution is -0.0253. The average molecular weight is 313 g/mol. The van der Waals surface area contributed by atoms with Crippen molar-refractivity contribution in [2.45, 2.75) is 51.8 Å². The molecule has 2 heterocycles. The van der Waals surface area contributed by atoms with Crippen LogP contribution < -0.4 is 0 Å². The number of hydrogen-bond donors (Lipinski definition) is 1. The summed E-state index contributed by atoms with van der Waals surface area (Å²) >= 11 is 0. The predicted octanol–water partition coefficient (Wildman–Crippen LogP) is 0.874. The summed E-state index contributed by atoms with van der Waals surface area (Å²) < 4.78 is 5.57. The van der Waals surface area contributed by atoms with Crippen LogP contribution in [0.4, 0.5) is 0 Å². The van der Waals surface area contributed by atoms with Crippen LogP contribution in [-0.4, -0.2) is 97.0 Å². The smallest absolute Gasteiger partial charge is 0.0623 e. The number of ether oxygens (including phenoxy) is 1. The molecule has 0 saturated carbocycles. The molecule has 22 heavy (non-hydrogen) atoms. The molecular formula is C17H35N3O2. The van der Waals surface area contributed by atoms with Gasteiger partial charge >= 0.3 is 0 Å². The van der Waals surface area contributed by atoms with Crippen molar-refractivity contribution in [1.82, 2.24) is 14.7 Å². The fourth-order valence-electron chi connectivity index (χ4n) is 3.60. The van der Waals surface area contributed by atoms with E-state index in [1.54, 1.807) is 0 Å². The van der Waals surface area contributed by atoms with Crippen molar-refractivity contribution in [2.24, 2.45) is 0 Å². The molecule has 0 spiro atoms. The highest BCUT2D eigenvalue weighted by atomic mass is 16.5. The normalized spacial score (nSPS) is 27.4. The Hall–Kier alpha value is -0.200. The Labute approximate surface area is 136 Å². The summed E-state index contributed by atoms with van der Waals surface area (Å²) in [6.45, 7) is 16.2. The van der Waals surface area contributed by atoms with Crippen LogP contribution in [0.5, 0.6) is 0 Å². The molecule has 5 heteroatoms. The molecule has 0 aliphatic carbocycles. The first kappa shape index (κ1) is 18.1. The molecule has 2 atom stereocenters. The largest absolute Gasteiger partial charge is 0.393 e. The Kier molecular flexibility index (Phi) is 7.57. The summed E-state index contributed by atoms with van der Waals surface area (Å²) in [7, 11) is 0. The number of aliphatic hydroxyl groups is 1. The second-order valence-corrected chi connectivity index (χ2v) is 7.17. The lowest BCUT2D eigenvalue weighted by Gasteiger charge is -2.38. The summed E-state index contributed by atoms with van der Waals surface area (Å²) in [5, 5.41) is 9.63. The minimum absolute atomic E-state index is 0.238. The molecule has 2 aliphatic heterocycles. The van der Waals surface area contributed by atoms with Crippen molar-refractivity contribution in [3.05, 3.63) is 0 Å². The van der Waals surface area contributed by atoms with E-state index in [4.69, 9.17) is 4.74 Å². The standard InChI is InChI=1S/C17H35N3O2/c1-15(2)19-9-7-18(8-10-19)5-4-6-20-11-12-22-14-17(20)13-16(3)21/h15-17,21H,4-14H2,1-3H3/t16-,17-/m0/s1. The maximum Gasteiger partial charge on any atom is 0.0623 e. The molecule has 0 aromatic carbocycles. The molecule has 0 bridgehead atoms. The van der Waals surface area contributed by atoms with Crippen LogP contribution in [0.1, 0.15) is 33.6 Å². The van der Waals surface area contributed by atoms with E-state index in [9.17, 15) is 5.11 Å². The van der Waals surface area contributed by atoms with Crippen LogP contribution in [0.2, 0.25) is 0 Å². The number of morpholine rings is 1. The van der Waals surface area contributed by atoms with Gasteiger partial charge in [-0.2, -0.15) is 0 Å². The van der Waals surface area contributed by atoms with Gasteiger partial charge in [-0.15, -0.1) is 0 Å². The van der Waals surface area contributed by atoms with Gasteiger partial charge in [-0.05, 0) is 46.7 Å². The Balaban J connectivity index is 1.65. The molecule has 0 amide bonds. The first-order chi connectivity index (χ1) is 10.6. The monoisotopic (exact) mass is 313 g/mol. The first-order valence-electron chi connectivity index (χ1n) is 9.02. The zero-order chi connectivity index (χ0) is 15.9. The molecule has 2 aliphatic rings. The Bertz CT molecular complexity index is 304. The highest BCUT2D eigenvalue weighted by molar-refractivity contribution is 4.78. The highest BCUT2D eigenvalue weighted by Crippen LogP contribution is 2.14. The summed E-state index contributed by atoms with van der Waals surface area (Å²) in [4.78, 5) is 7.68. The number of nitrogens with zero attached hydrogens (tertiary/aromatic N) is 3. The molecule has 5 nitrogen and oxygen atoms in total. The van der Waals surface area contributed by atoms with Gasteiger partial charge in [-0.3, -0.25) is 9.80 Å². The fourth-order valence-corrected chi connectivity index (χ4v) is 3.60. The Morgan fingerprint density at radius 2 is 1.77 bits per heavy atom.